The molecule has 9 heteroatoms. The molecule has 0 bridgehead atoms. The quantitative estimate of drug-likeness (QED) is 0.613. The van der Waals surface area contributed by atoms with Crippen LogP contribution in [-0.4, -0.2) is 28.8 Å². The van der Waals surface area contributed by atoms with E-state index in [1.165, 1.54) is 41.7 Å². The molecule has 3 N–H and O–H groups in total. The Kier molecular flexibility index (Phi) is 5.24. The first kappa shape index (κ1) is 20.3. The van der Waals surface area contributed by atoms with E-state index in [2.05, 4.69) is 21.2 Å². The highest BCUT2D eigenvalue weighted by Gasteiger charge is 2.66. The van der Waals surface area contributed by atoms with Crippen LogP contribution in [0.2, 0.25) is 0 Å². The van der Waals surface area contributed by atoms with Crippen LogP contribution in [0.3, 0.4) is 0 Å². The summed E-state index contributed by atoms with van der Waals surface area (Å²) in [6, 6.07) is 9.47. The van der Waals surface area contributed by atoms with Crippen LogP contribution in [0.25, 0.3) is 0 Å². The summed E-state index contributed by atoms with van der Waals surface area (Å²) < 4.78 is 42.0. The zero-order valence-corrected chi connectivity index (χ0v) is 16.1. The van der Waals surface area contributed by atoms with Crippen molar-refractivity contribution in [3.05, 3.63) is 69.7 Å². The highest BCUT2D eigenvalue weighted by molar-refractivity contribution is 9.10. The van der Waals surface area contributed by atoms with Crippen LogP contribution in [-0.2, 0) is 0 Å². The van der Waals surface area contributed by atoms with Gasteiger partial charge >= 0.3 is 12.2 Å². The Hall–Kier alpha value is -2.39. The van der Waals surface area contributed by atoms with Crippen molar-refractivity contribution < 1.29 is 27.9 Å². The van der Waals surface area contributed by atoms with Gasteiger partial charge in [0, 0.05) is 10.0 Å². The van der Waals surface area contributed by atoms with Gasteiger partial charge in [0.15, 0.2) is 5.78 Å². The van der Waals surface area contributed by atoms with Crippen LogP contribution in [0, 0.1) is 12.8 Å². The maximum absolute atomic E-state index is 13.8. The molecule has 3 rings (SSSR count). The molecule has 1 aliphatic rings. The van der Waals surface area contributed by atoms with Gasteiger partial charge in [0.25, 0.3) is 0 Å². The number of hydrogen-bond donors (Lipinski definition) is 3. The van der Waals surface area contributed by atoms with E-state index in [4.69, 9.17) is 0 Å². The van der Waals surface area contributed by atoms with E-state index in [1.807, 2.05) is 0 Å². The zero-order valence-electron chi connectivity index (χ0n) is 14.5. The normalized spacial score (nSPS) is 25.0. The Morgan fingerprint density at radius 3 is 2.21 bits per heavy atom. The number of aliphatic hydroxyl groups is 1. The van der Waals surface area contributed by atoms with Crippen molar-refractivity contribution in [2.45, 2.75) is 24.9 Å². The van der Waals surface area contributed by atoms with E-state index < -0.39 is 35.7 Å². The number of hydrogen-bond acceptors (Lipinski definition) is 3. The molecule has 0 saturated carbocycles. The third-order valence-electron chi connectivity index (χ3n) is 4.65. The Morgan fingerprint density at radius 1 is 1.11 bits per heavy atom. The number of carbonyl (C=O) groups is 2. The van der Waals surface area contributed by atoms with Crippen LogP contribution < -0.4 is 10.6 Å². The van der Waals surface area contributed by atoms with Crippen molar-refractivity contribution in [1.29, 1.82) is 0 Å². The highest BCUT2D eigenvalue weighted by atomic mass is 79.9. The minimum Gasteiger partial charge on any atom is -0.363 e. The number of urea groups is 1. The molecule has 5 nitrogen and oxygen atoms in total. The molecule has 3 atom stereocenters. The van der Waals surface area contributed by atoms with Crippen LogP contribution in [0.4, 0.5) is 18.0 Å². The first-order valence-corrected chi connectivity index (χ1v) is 9.06. The van der Waals surface area contributed by atoms with Gasteiger partial charge in [0.05, 0.1) is 6.04 Å². The second kappa shape index (κ2) is 7.21. The number of carbonyl (C=O) groups excluding carboxylic acids is 2. The molecule has 28 heavy (non-hydrogen) atoms. The number of amides is 2. The average Bonchev–Trinajstić information content (AvgIpc) is 2.61. The van der Waals surface area contributed by atoms with Crippen molar-refractivity contribution in [1.82, 2.24) is 10.6 Å². The molecule has 1 saturated heterocycles. The maximum Gasteiger partial charge on any atom is 0.437 e. The van der Waals surface area contributed by atoms with Crippen LogP contribution >= 0.6 is 15.9 Å². The third kappa shape index (κ3) is 3.64. The molecule has 148 valence electrons. The van der Waals surface area contributed by atoms with E-state index in [9.17, 15) is 27.9 Å². The smallest absolute Gasteiger partial charge is 0.363 e. The van der Waals surface area contributed by atoms with E-state index in [-0.39, 0.29) is 11.1 Å². The third-order valence-corrected chi connectivity index (χ3v) is 5.18. The van der Waals surface area contributed by atoms with Gasteiger partial charge in [0.2, 0.25) is 5.72 Å². The van der Waals surface area contributed by atoms with E-state index >= 15 is 0 Å². The largest absolute Gasteiger partial charge is 0.437 e. The van der Waals surface area contributed by atoms with Gasteiger partial charge in [-0.3, -0.25) is 4.79 Å². The fraction of sp³-hybridized carbons (Fsp3) is 0.263. The Balaban J connectivity index is 2.15. The molecular formula is C19H16BrF3N2O3. The molecule has 1 fully saturated rings. The first-order valence-electron chi connectivity index (χ1n) is 8.27. The fourth-order valence-corrected chi connectivity index (χ4v) is 3.45. The van der Waals surface area contributed by atoms with Gasteiger partial charge in [0.1, 0.15) is 5.92 Å². The molecular weight excluding hydrogens is 441 g/mol. The molecule has 0 aromatic heterocycles. The van der Waals surface area contributed by atoms with Crippen molar-refractivity contribution in [3.63, 3.8) is 0 Å². The minimum absolute atomic E-state index is 0.0223. The Labute approximate surface area is 167 Å². The molecule has 1 heterocycles. The number of rotatable bonds is 3. The summed E-state index contributed by atoms with van der Waals surface area (Å²) in [4.78, 5) is 25.0. The van der Waals surface area contributed by atoms with Crippen molar-refractivity contribution in [2.24, 2.45) is 5.92 Å². The van der Waals surface area contributed by atoms with E-state index in [1.54, 1.807) is 19.1 Å². The van der Waals surface area contributed by atoms with Crippen LogP contribution in [0.1, 0.15) is 27.5 Å². The monoisotopic (exact) mass is 456 g/mol. The molecule has 2 aromatic carbocycles. The molecule has 2 aromatic rings. The summed E-state index contributed by atoms with van der Waals surface area (Å²) in [6.45, 7) is 1.79. The fourth-order valence-electron chi connectivity index (χ4n) is 3.18. The van der Waals surface area contributed by atoms with Gasteiger partial charge < -0.3 is 15.7 Å². The minimum atomic E-state index is -5.27. The van der Waals surface area contributed by atoms with Gasteiger partial charge in [-0.25, -0.2) is 4.79 Å². The lowest BCUT2D eigenvalue weighted by atomic mass is 9.77. The molecule has 0 unspecified atom stereocenters. The van der Waals surface area contributed by atoms with Gasteiger partial charge in [-0.05, 0) is 24.6 Å². The van der Waals surface area contributed by atoms with Crippen LogP contribution in [0.15, 0.2) is 53.0 Å². The summed E-state index contributed by atoms with van der Waals surface area (Å²) in [7, 11) is 0. The van der Waals surface area contributed by atoms with Gasteiger partial charge in [-0.1, -0.05) is 57.9 Å². The molecule has 1 aliphatic heterocycles. The predicted molar refractivity (Wildman–Crippen MR) is 98.6 cm³/mol. The first-order chi connectivity index (χ1) is 13.0. The second-order valence-corrected chi connectivity index (χ2v) is 7.52. The second-order valence-electron chi connectivity index (χ2n) is 6.60. The Morgan fingerprint density at radius 2 is 1.68 bits per heavy atom. The number of halogens is 4. The zero-order chi connectivity index (χ0) is 20.7. The molecule has 0 radical (unpaired) electrons. The number of Topliss-reactive ketones (excluding diaryl/α,β-unsaturated/α-hetero) is 1. The summed E-state index contributed by atoms with van der Waals surface area (Å²) in [5.41, 5.74) is -2.62. The summed E-state index contributed by atoms with van der Waals surface area (Å²) >= 11 is 3.20. The lowest BCUT2D eigenvalue weighted by Gasteiger charge is -2.45. The van der Waals surface area contributed by atoms with E-state index in [0.717, 1.165) is 5.56 Å². The van der Waals surface area contributed by atoms with Gasteiger partial charge in [-0.2, -0.15) is 13.2 Å². The molecule has 0 aliphatic carbocycles. The summed E-state index contributed by atoms with van der Waals surface area (Å²) in [5, 5.41) is 14.3. The lowest BCUT2D eigenvalue weighted by Crippen LogP contribution is -2.72. The predicted octanol–water partition coefficient (Wildman–Crippen LogP) is 3.86. The number of nitrogens with one attached hydrogen (secondary N) is 2. The van der Waals surface area contributed by atoms with E-state index in [0.29, 0.717) is 4.47 Å². The summed E-state index contributed by atoms with van der Waals surface area (Å²) in [5.74, 6) is -2.99. The number of alkyl halides is 3. The summed E-state index contributed by atoms with van der Waals surface area (Å²) in [6.07, 6.45) is -5.27. The topological polar surface area (TPSA) is 78.4 Å². The number of aryl methyl sites for hydroxylation is 1. The molecule has 0 spiro atoms. The SMILES string of the molecule is Cc1ccc([C@H]2NC(=O)N[C@@](O)(C(F)(F)F)[C@H]2C(=O)c2ccc(Br)cc2)cc1. The maximum atomic E-state index is 13.8. The molecule has 2 amide bonds. The lowest BCUT2D eigenvalue weighted by molar-refractivity contribution is -0.287. The standard InChI is InChI=1S/C19H16BrF3N2O3/c1-10-2-4-11(5-3-10)15-14(16(26)12-6-8-13(20)9-7-12)18(28,19(21,22)23)25-17(27)24-15/h2-9,14-15,28H,1H3,(H2,24,25,27)/t14-,15-,18+/m1/s1. The van der Waals surface area contributed by atoms with Crippen LogP contribution in [0.5, 0.6) is 0 Å². The van der Waals surface area contributed by atoms with Crippen molar-refractivity contribution in [2.75, 3.05) is 0 Å². The number of benzene rings is 2. The number of ketones is 1. The van der Waals surface area contributed by atoms with Crippen molar-refractivity contribution in [3.8, 4) is 0 Å². The van der Waals surface area contributed by atoms with Gasteiger partial charge in [-0.15, -0.1) is 0 Å². The van der Waals surface area contributed by atoms with Crippen molar-refractivity contribution >= 4 is 27.7 Å². The highest BCUT2D eigenvalue weighted by Crippen LogP contribution is 2.44. The Bertz CT molecular complexity index is 900. The average molecular weight is 457 g/mol.